The number of sulfonamides is 1. The summed E-state index contributed by atoms with van der Waals surface area (Å²) in [6.07, 6.45) is 1.83. The highest BCUT2D eigenvalue weighted by atomic mass is 32.2. The van der Waals surface area contributed by atoms with Crippen LogP contribution in [0, 0.1) is 5.92 Å². The van der Waals surface area contributed by atoms with E-state index in [1.807, 2.05) is 11.9 Å². The Morgan fingerprint density at radius 1 is 1.26 bits per heavy atom. The fourth-order valence-corrected chi connectivity index (χ4v) is 4.50. The van der Waals surface area contributed by atoms with Crippen LogP contribution in [0.3, 0.4) is 0 Å². The number of hydrogen-bond acceptors (Lipinski definition) is 5. The zero-order valence-corrected chi connectivity index (χ0v) is 17.1. The first-order chi connectivity index (χ1) is 12.8. The molecule has 0 aromatic heterocycles. The molecular formula is C19H29N3O4S. The summed E-state index contributed by atoms with van der Waals surface area (Å²) in [4.78, 5) is 25.6. The van der Waals surface area contributed by atoms with Gasteiger partial charge in [-0.1, -0.05) is 12.1 Å². The molecule has 1 aromatic rings. The van der Waals surface area contributed by atoms with E-state index in [9.17, 15) is 18.0 Å². The number of Topliss-reactive ketones (excluding diaryl/α,β-unsaturated/α-hetero) is 1. The monoisotopic (exact) mass is 395 g/mol. The number of carbonyl (C=O) groups excluding carboxylic acids is 2. The number of benzene rings is 1. The molecule has 1 saturated heterocycles. The van der Waals surface area contributed by atoms with Gasteiger partial charge in [0.25, 0.3) is 0 Å². The van der Waals surface area contributed by atoms with E-state index in [4.69, 9.17) is 0 Å². The molecular weight excluding hydrogens is 366 g/mol. The van der Waals surface area contributed by atoms with Crippen molar-refractivity contribution < 1.29 is 18.0 Å². The third kappa shape index (κ3) is 5.60. The van der Waals surface area contributed by atoms with Gasteiger partial charge in [0.1, 0.15) is 0 Å². The van der Waals surface area contributed by atoms with Crippen LogP contribution in [0.1, 0.15) is 36.5 Å². The molecule has 0 radical (unpaired) electrons. The fraction of sp³-hybridized carbons (Fsp3) is 0.579. The normalized spacial score (nSPS) is 17.5. The van der Waals surface area contributed by atoms with Gasteiger partial charge in [0.05, 0.1) is 4.90 Å². The minimum Gasteiger partial charge on any atom is -0.342 e. The number of carbonyl (C=O) groups is 2. The Labute approximate surface area is 161 Å². The zero-order chi connectivity index (χ0) is 20.0. The van der Waals surface area contributed by atoms with Crippen LogP contribution < -0.4 is 5.32 Å². The highest BCUT2D eigenvalue weighted by molar-refractivity contribution is 7.89. The van der Waals surface area contributed by atoms with Crippen molar-refractivity contribution in [2.45, 2.75) is 31.1 Å². The molecule has 1 N–H and O–H groups in total. The van der Waals surface area contributed by atoms with Crippen LogP contribution in [0.4, 0.5) is 0 Å². The van der Waals surface area contributed by atoms with Crippen LogP contribution >= 0.6 is 0 Å². The molecule has 1 fully saturated rings. The fourth-order valence-electron chi connectivity index (χ4n) is 3.29. The molecule has 7 nitrogen and oxygen atoms in total. The largest absolute Gasteiger partial charge is 0.342 e. The van der Waals surface area contributed by atoms with E-state index in [1.54, 1.807) is 0 Å². The predicted molar refractivity (Wildman–Crippen MR) is 104 cm³/mol. The van der Waals surface area contributed by atoms with Gasteiger partial charge in [0.15, 0.2) is 5.78 Å². The van der Waals surface area contributed by atoms with Crippen LogP contribution in [0.2, 0.25) is 0 Å². The van der Waals surface area contributed by atoms with Gasteiger partial charge in [-0.2, -0.15) is 0 Å². The smallest absolute Gasteiger partial charge is 0.242 e. The van der Waals surface area contributed by atoms with E-state index in [-0.39, 0.29) is 23.1 Å². The van der Waals surface area contributed by atoms with Crippen molar-refractivity contribution in [1.29, 1.82) is 0 Å². The van der Waals surface area contributed by atoms with Gasteiger partial charge in [-0.15, -0.1) is 0 Å². The first kappa shape index (κ1) is 21.5. The van der Waals surface area contributed by atoms with Crippen molar-refractivity contribution in [3.8, 4) is 0 Å². The summed E-state index contributed by atoms with van der Waals surface area (Å²) in [5.41, 5.74) is 0.476. The number of rotatable bonds is 9. The maximum absolute atomic E-state index is 12.6. The highest BCUT2D eigenvalue weighted by Crippen LogP contribution is 2.18. The van der Waals surface area contributed by atoms with Gasteiger partial charge in [0, 0.05) is 38.7 Å². The van der Waals surface area contributed by atoms with E-state index >= 15 is 0 Å². The Morgan fingerprint density at radius 2 is 1.93 bits per heavy atom. The van der Waals surface area contributed by atoms with Gasteiger partial charge in [0.2, 0.25) is 15.9 Å². The van der Waals surface area contributed by atoms with Crippen molar-refractivity contribution >= 4 is 21.7 Å². The van der Waals surface area contributed by atoms with Crippen molar-refractivity contribution in [2.75, 3.05) is 40.3 Å². The minimum atomic E-state index is -3.63. The Morgan fingerprint density at radius 3 is 2.52 bits per heavy atom. The molecule has 150 valence electrons. The lowest BCUT2D eigenvalue weighted by Crippen LogP contribution is -2.32. The minimum absolute atomic E-state index is 0.0882. The van der Waals surface area contributed by atoms with Crippen molar-refractivity contribution in [2.24, 2.45) is 5.92 Å². The summed E-state index contributed by atoms with van der Waals surface area (Å²) >= 11 is 0. The van der Waals surface area contributed by atoms with E-state index in [0.717, 1.165) is 26.1 Å². The molecule has 2 rings (SSSR count). The lowest BCUT2D eigenvalue weighted by atomic mass is 10.1. The summed E-state index contributed by atoms with van der Waals surface area (Å²) in [5, 5.41) is 3.14. The lowest BCUT2D eigenvalue weighted by Gasteiger charge is -2.19. The third-order valence-corrected chi connectivity index (χ3v) is 6.84. The van der Waals surface area contributed by atoms with E-state index in [0.29, 0.717) is 24.3 Å². The molecule has 0 bridgehead atoms. The molecule has 0 saturated carbocycles. The number of hydrogen-bond donors (Lipinski definition) is 1. The van der Waals surface area contributed by atoms with Gasteiger partial charge < -0.3 is 10.2 Å². The molecule has 8 heteroatoms. The third-order valence-electron chi connectivity index (χ3n) is 4.96. The summed E-state index contributed by atoms with van der Waals surface area (Å²) in [7, 11) is -0.203. The second kappa shape index (κ2) is 9.43. The molecule has 1 aromatic carbocycles. The topological polar surface area (TPSA) is 86.8 Å². The van der Waals surface area contributed by atoms with E-state index in [2.05, 4.69) is 5.32 Å². The van der Waals surface area contributed by atoms with Gasteiger partial charge in [-0.25, -0.2) is 12.7 Å². The number of likely N-dealkylation sites (tertiary alicyclic amines) is 1. The average molecular weight is 396 g/mol. The SMILES string of the molecule is CNCC1CCN(C(=O)CCCN(C)S(=O)(=O)c2ccc(C(C)=O)cc2)C1. The second-order valence-electron chi connectivity index (χ2n) is 7.06. The predicted octanol–water partition coefficient (Wildman–Crippen LogP) is 1.36. The molecule has 1 unspecified atom stereocenters. The summed E-state index contributed by atoms with van der Waals surface area (Å²) in [6, 6.07) is 5.92. The molecule has 1 heterocycles. The number of amides is 1. The van der Waals surface area contributed by atoms with Gasteiger partial charge >= 0.3 is 0 Å². The Kier molecular flexibility index (Phi) is 7.52. The van der Waals surface area contributed by atoms with Gasteiger partial charge in [-0.3, -0.25) is 9.59 Å². The maximum atomic E-state index is 12.6. The standard InChI is InChI=1S/C19H29N3O4S/c1-15(23)17-6-8-18(9-7-17)27(25,26)21(3)11-4-5-19(24)22-12-10-16(14-22)13-20-2/h6-9,16,20H,4-5,10-14H2,1-3H3. The molecule has 0 spiro atoms. The molecule has 1 atom stereocenters. The second-order valence-corrected chi connectivity index (χ2v) is 9.11. The Balaban J connectivity index is 1.84. The van der Waals surface area contributed by atoms with E-state index < -0.39 is 10.0 Å². The number of nitrogens with zero attached hydrogens (tertiary/aromatic N) is 2. The van der Waals surface area contributed by atoms with Crippen LogP contribution in [0.25, 0.3) is 0 Å². The first-order valence-corrected chi connectivity index (χ1v) is 10.7. The first-order valence-electron chi connectivity index (χ1n) is 9.25. The van der Waals surface area contributed by atoms with Crippen molar-refractivity contribution in [1.82, 2.24) is 14.5 Å². The van der Waals surface area contributed by atoms with Crippen LogP contribution in [0.5, 0.6) is 0 Å². The highest BCUT2D eigenvalue weighted by Gasteiger charge is 2.26. The quantitative estimate of drug-likeness (QED) is 0.638. The van der Waals surface area contributed by atoms with Crippen LogP contribution in [-0.4, -0.2) is 69.6 Å². The maximum Gasteiger partial charge on any atom is 0.242 e. The molecule has 1 amide bonds. The number of nitrogens with one attached hydrogen (secondary N) is 1. The van der Waals surface area contributed by atoms with Crippen molar-refractivity contribution in [3.05, 3.63) is 29.8 Å². The zero-order valence-electron chi connectivity index (χ0n) is 16.3. The van der Waals surface area contributed by atoms with E-state index in [1.165, 1.54) is 42.5 Å². The Hall–Kier alpha value is -1.77. The molecule has 1 aliphatic rings. The molecule has 1 aliphatic heterocycles. The molecule has 0 aliphatic carbocycles. The lowest BCUT2D eigenvalue weighted by molar-refractivity contribution is -0.130. The Bertz CT molecular complexity index is 762. The number of ketones is 1. The summed E-state index contributed by atoms with van der Waals surface area (Å²) < 4.78 is 26.5. The summed E-state index contributed by atoms with van der Waals surface area (Å²) in [5.74, 6) is 0.481. The van der Waals surface area contributed by atoms with Gasteiger partial charge in [-0.05, 0) is 51.4 Å². The van der Waals surface area contributed by atoms with Crippen LogP contribution in [0.15, 0.2) is 29.2 Å². The average Bonchev–Trinajstić information content (AvgIpc) is 3.10. The summed E-state index contributed by atoms with van der Waals surface area (Å²) in [6.45, 7) is 4.18. The molecule has 27 heavy (non-hydrogen) atoms. The van der Waals surface area contributed by atoms with Crippen molar-refractivity contribution in [3.63, 3.8) is 0 Å². The van der Waals surface area contributed by atoms with Crippen LogP contribution in [-0.2, 0) is 14.8 Å².